The van der Waals surface area contributed by atoms with Gasteiger partial charge in [0.15, 0.2) is 5.54 Å². The Kier molecular flexibility index (Phi) is 4.09. The molecule has 1 atom stereocenters. The van der Waals surface area contributed by atoms with E-state index in [1.807, 2.05) is 19.1 Å². The highest BCUT2D eigenvalue weighted by Crippen LogP contribution is 2.52. The van der Waals surface area contributed by atoms with E-state index in [9.17, 15) is 14.4 Å². The molecular formula is C19H24N2O4. The van der Waals surface area contributed by atoms with Gasteiger partial charge in [0.2, 0.25) is 5.91 Å². The molecule has 1 saturated heterocycles. The summed E-state index contributed by atoms with van der Waals surface area (Å²) in [6.07, 6.45) is 1.14. The molecule has 0 N–H and O–H groups in total. The van der Waals surface area contributed by atoms with Gasteiger partial charge in [-0.1, -0.05) is 31.5 Å². The summed E-state index contributed by atoms with van der Waals surface area (Å²) in [5.74, 6) is -0.443. The summed E-state index contributed by atoms with van der Waals surface area (Å²) in [6.45, 7) is 7.82. The monoisotopic (exact) mass is 344 g/mol. The number of ether oxygens (including phenoxy) is 1. The number of imide groups is 1. The van der Waals surface area contributed by atoms with Crippen molar-refractivity contribution < 1.29 is 19.1 Å². The van der Waals surface area contributed by atoms with E-state index in [0.29, 0.717) is 17.8 Å². The number of unbranched alkanes of at least 4 members (excludes halogenated alkanes) is 1. The number of fused-ring (bicyclic) bond motifs is 2. The molecule has 2 heterocycles. The van der Waals surface area contributed by atoms with Gasteiger partial charge in [0.1, 0.15) is 5.60 Å². The van der Waals surface area contributed by atoms with E-state index in [4.69, 9.17) is 4.74 Å². The molecule has 134 valence electrons. The van der Waals surface area contributed by atoms with Gasteiger partial charge in [-0.15, -0.1) is 0 Å². The second kappa shape index (κ2) is 5.86. The fraction of sp³-hybridized carbons (Fsp3) is 0.526. The molecule has 0 saturated carbocycles. The second-order valence-electron chi connectivity index (χ2n) is 7.57. The molecule has 3 amide bonds. The van der Waals surface area contributed by atoms with Crippen LogP contribution in [-0.2, 0) is 19.9 Å². The Hall–Kier alpha value is -2.37. The van der Waals surface area contributed by atoms with E-state index in [1.54, 1.807) is 37.8 Å². The second-order valence-corrected chi connectivity index (χ2v) is 7.57. The number of nitrogens with zero attached hydrogens (tertiary/aromatic N) is 2. The molecule has 1 spiro atoms. The maximum atomic E-state index is 13.2. The lowest BCUT2D eigenvalue weighted by molar-refractivity contribution is -0.165. The van der Waals surface area contributed by atoms with Gasteiger partial charge in [0, 0.05) is 12.1 Å². The van der Waals surface area contributed by atoms with Crippen LogP contribution in [0.1, 0.15) is 52.5 Å². The molecule has 0 aliphatic carbocycles. The third-order valence-electron chi connectivity index (χ3n) is 4.63. The van der Waals surface area contributed by atoms with Gasteiger partial charge in [-0.05, 0) is 33.3 Å². The minimum atomic E-state index is -1.06. The minimum Gasteiger partial charge on any atom is -0.443 e. The van der Waals surface area contributed by atoms with Crippen LogP contribution in [0.2, 0.25) is 0 Å². The highest BCUT2D eigenvalue weighted by atomic mass is 16.6. The number of β-lactam (4-membered cyclic amide) rings is 1. The topological polar surface area (TPSA) is 66.9 Å². The minimum absolute atomic E-state index is 0.0531. The summed E-state index contributed by atoms with van der Waals surface area (Å²) in [5, 5.41) is 0. The first-order chi connectivity index (χ1) is 11.7. The van der Waals surface area contributed by atoms with Gasteiger partial charge in [0.05, 0.1) is 12.1 Å². The predicted molar refractivity (Wildman–Crippen MR) is 93.1 cm³/mol. The summed E-state index contributed by atoms with van der Waals surface area (Å²) >= 11 is 0. The number of para-hydroxylation sites is 1. The molecule has 2 aliphatic rings. The fourth-order valence-corrected chi connectivity index (χ4v) is 3.51. The Balaban J connectivity index is 2.02. The van der Waals surface area contributed by atoms with Crippen LogP contribution in [-0.4, -0.2) is 35.0 Å². The number of likely N-dealkylation sites (tertiary alicyclic amines) is 1. The van der Waals surface area contributed by atoms with E-state index in [0.717, 1.165) is 17.7 Å². The van der Waals surface area contributed by atoms with Crippen molar-refractivity contribution in [2.45, 2.75) is 58.1 Å². The lowest BCUT2D eigenvalue weighted by atomic mass is 9.78. The van der Waals surface area contributed by atoms with Gasteiger partial charge in [0.25, 0.3) is 5.91 Å². The summed E-state index contributed by atoms with van der Waals surface area (Å²) in [5.41, 5.74) is -0.545. The zero-order chi connectivity index (χ0) is 18.4. The van der Waals surface area contributed by atoms with Crippen molar-refractivity contribution in [2.75, 3.05) is 11.4 Å². The zero-order valence-corrected chi connectivity index (χ0v) is 15.2. The maximum absolute atomic E-state index is 13.2. The normalized spacial score (nSPS) is 22.2. The third-order valence-corrected chi connectivity index (χ3v) is 4.63. The van der Waals surface area contributed by atoms with Crippen LogP contribution in [0.4, 0.5) is 10.5 Å². The summed E-state index contributed by atoms with van der Waals surface area (Å²) in [7, 11) is 0. The predicted octanol–water partition coefficient (Wildman–Crippen LogP) is 3.20. The molecule has 6 heteroatoms. The number of benzene rings is 1. The van der Waals surface area contributed by atoms with Crippen LogP contribution < -0.4 is 4.90 Å². The maximum Gasteiger partial charge on any atom is 0.421 e. The average Bonchev–Trinajstić information content (AvgIpc) is 2.77. The van der Waals surface area contributed by atoms with Crippen LogP contribution >= 0.6 is 0 Å². The number of hydrogen-bond acceptors (Lipinski definition) is 4. The van der Waals surface area contributed by atoms with Crippen molar-refractivity contribution in [2.24, 2.45) is 0 Å². The van der Waals surface area contributed by atoms with Crippen molar-refractivity contribution in [3.05, 3.63) is 29.8 Å². The van der Waals surface area contributed by atoms with E-state index in [1.165, 1.54) is 0 Å². The third kappa shape index (κ3) is 2.60. The Labute approximate surface area is 147 Å². The molecule has 6 nitrogen and oxygen atoms in total. The molecule has 0 aromatic heterocycles. The number of rotatable bonds is 3. The first-order valence-electron chi connectivity index (χ1n) is 8.70. The summed E-state index contributed by atoms with van der Waals surface area (Å²) < 4.78 is 5.42. The number of hydrogen-bond donors (Lipinski definition) is 0. The van der Waals surface area contributed by atoms with Crippen molar-refractivity contribution in [1.29, 1.82) is 0 Å². The van der Waals surface area contributed by atoms with Crippen LogP contribution in [0.25, 0.3) is 0 Å². The van der Waals surface area contributed by atoms with Gasteiger partial charge < -0.3 is 9.64 Å². The molecule has 3 rings (SSSR count). The molecule has 1 aromatic carbocycles. The highest BCUT2D eigenvalue weighted by molar-refractivity contribution is 6.24. The van der Waals surface area contributed by atoms with Crippen molar-refractivity contribution >= 4 is 23.6 Å². The largest absolute Gasteiger partial charge is 0.443 e. The molecular weight excluding hydrogens is 320 g/mol. The average molecular weight is 344 g/mol. The molecule has 1 fully saturated rings. The smallest absolute Gasteiger partial charge is 0.421 e. The summed E-state index contributed by atoms with van der Waals surface area (Å²) in [6, 6.07) is 7.16. The Morgan fingerprint density at radius 2 is 1.92 bits per heavy atom. The van der Waals surface area contributed by atoms with Crippen LogP contribution in [0.3, 0.4) is 0 Å². The summed E-state index contributed by atoms with van der Waals surface area (Å²) in [4.78, 5) is 40.8. The van der Waals surface area contributed by atoms with E-state index >= 15 is 0 Å². The Morgan fingerprint density at radius 1 is 1.24 bits per heavy atom. The number of anilines is 1. The standard InChI is InChI=1S/C19H24N2O4/c1-5-6-11-20-15(22)12-19(20)13-9-7-8-10-14(13)21(16(19)23)17(24)25-18(2,3)4/h7-10H,5-6,11-12H2,1-4H3. The van der Waals surface area contributed by atoms with Crippen LogP contribution in [0.15, 0.2) is 24.3 Å². The molecule has 1 unspecified atom stereocenters. The van der Waals surface area contributed by atoms with Gasteiger partial charge in [-0.2, -0.15) is 0 Å². The SMILES string of the molecule is CCCCN1C(=O)CC12C(=O)N(C(=O)OC(C)(C)C)c1ccccc12. The van der Waals surface area contributed by atoms with E-state index in [-0.39, 0.29) is 12.3 Å². The van der Waals surface area contributed by atoms with E-state index in [2.05, 4.69) is 0 Å². The lowest BCUT2D eigenvalue weighted by Gasteiger charge is -2.48. The lowest BCUT2D eigenvalue weighted by Crippen LogP contribution is -2.66. The van der Waals surface area contributed by atoms with E-state index < -0.39 is 23.1 Å². The van der Waals surface area contributed by atoms with Crippen molar-refractivity contribution in [3.63, 3.8) is 0 Å². The number of carbonyl (C=O) groups excluding carboxylic acids is 3. The fourth-order valence-electron chi connectivity index (χ4n) is 3.51. The first kappa shape index (κ1) is 17.5. The molecule has 0 radical (unpaired) electrons. The van der Waals surface area contributed by atoms with Gasteiger partial charge >= 0.3 is 6.09 Å². The van der Waals surface area contributed by atoms with Gasteiger partial charge in [-0.25, -0.2) is 9.69 Å². The van der Waals surface area contributed by atoms with Crippen molar-refractivity contribution in [3.8, 4) is 0 Å². The van der Waals surface area contributed by atoms with Gasteiger partial charge in [-0.3, -0.25) is 9.59 Å². The first-order valence-corrected chi connectivity index (χ1v) is 8.70. The quantitative estimate of drug-likeness (QED) is 0.790. The van der Waals surface area contributed by atoms with Crippen LogP contribution in [0.5, 0.6) is 0 Å². The molecule has 25 heavy (non-hydrogen) atoms. The molecule has 2 aliphatic heterocycles. The number of carbonyl (C=O) groups is 3. The Bertz CT molecular complexity index is 737. The highest BCUT2D eigenvalue weighted by Gasteiger charge is 2.64. The zero-order valence-electron chi connectivity index (χ0n) is 15.2. The molecule has 1 aromatic rings. The molecule has 0 bridgehead atoms. The Morgan fingerprint density at radius 3 is 2.52 bits per heavy atom. The number of amides is 3. The van der Waals surface area contributed by atoms with Crippen molar-refractivity contribution in [1.82, 2.24) is 4.90 Å². The van der Waals surface area contributed by atoms with Crippen LogP contribution in [0, 0.1) is 0 Å².